The highest BCUT2D eigenvalue weighted by molar-refractivity contribution is 6.01. The van der Waals surface area contributed by atoms with Crippen molar-refractivity contribution in [3.63, 3.8) is 0 Å². The fourth-order valence-corrected chi connectivity index (χ4v) is 4.51. The summed E-state index contributed by atoms with van der Waals surface area (Å²) in [5.41, 5.74) is 3.67. The third-order valence-electron chi connectivity index (χ3n) is 7.06. The second-order valence-electron chi connectivity index (χ2n) is 10.1. The zero-order valence-corrected chi connectivity index (χ0v) is 23.2. The summed E-state index contributed by atoms with van der Waals surface area (Å²) in [6, 6.07) is 27.5. The number of benzene rings is 4. The molecule has 1 heterocycles. The Morgan fingerprint density at radius 2 is 1.43 bits per heavy atom. The van der Waals surface area contributed by atoms with Gasteiger partial charge in [0.15, 0.2) is 12.4 Å². The van der Waals surface area contributed by atoms with Gasteiger partial charge in [-0.15, -0.1) is 0 Å². The van der Waals surface area contributed by atoms with E-state index in [0.717, 1.165) is 11.3 Å². The predicted octanol–water partition coefficient (Wildman–Crippen LogP) is 6.09. The van der Waals surface area contributed by atoms with E-state index >= 15 is 0 Å². The molecule has 4 aromatic carbocycles. The lowest BCUT2D eigenvalue weighted by molar-refractivity contribution is -0.147. The summed E-state index contributed by atoms with van der Waals surface area (Å²) in [4.78, 5) is 51.7. The lowest BCUT2D eigenvalue weighted by Crippen LogP contribution is -2.27. The Morgan fingerprint density at radius 3 is 2.12 bits per heavy atom. The van der Waals surface area contributed by atoms with Crippen LogP contribution >= 0.6 is 0 Å². The molecule has 0 aromatic heterocycles. The number of rotatable bonds is 9. The predicted molar refractivity (Wildman–Crippen MR) is 156 cm³/mol. The number of ketones is 1. The van der Waals surface area contributed by atoms with Gasteiger partial charge in [0, 0.05) is 24.2 Å². The Balaban J connectivity index is 1.11. The number of hydrogen-bond donors (Lipinski definition) is 0. The monoisotopic (exact) mass is 563 g/mol. The van der Waals surface area contributed by atoms with Crippen LogP contribution in [0.5, 0.6) is 17.2 Å². The smallest absolute Gasteiger partial charge is 0.343 e. The standard InChI is InChI=1S/C34H29NO7/c1-22-8-13-30(18-23(22)2)41-28-16-11-27(12-17-28)35-20-26(19-32(35)37)33(38)40-21-31(36)24-9-14-29(15-10-24)42-34(39)25-6-4-3-5-7-25/h3-18,26H,19-21H2,1-2H3/t26-/m0/s1. The van der Waals surface area contributed by atoms with Crippen LogP contribution in [0.15, 0.2) is 97.1 Å². The Morgan fingerprint density at radius 1 is 0.762 bits per heavy atom. The molecule has 0 saturated carbocycles. The van der Waals surface area contributed by atoms with Gasteiger partial charge in [0.05, 0.1) is 11.5 Å². The van der Waals surface area contributed by atoms with Crippen molar-refractivity contribution in [1.29, 1.82) is 0 Å². The van der Waals surface area contributed by atoms with Gasteiger partial charge in [-0.2, -0.15) is 0 Å². The highest BCUT2D eigenvalue weighted by atomic mass is 16.5. The van der Waals surface area contributed by atoms with Gasteiger partial charge in [-0.05, 0) is 97.8 Å². The molecule has 1 amide bonds. The summed E-state index contributed by atoms with van der Waals surface area (Å²) in [6.07, 6.45) is -0.00457. The van der Waals surface area contributed by atoms with Crippen LogP contribution in [0.1, 0.15) is 38.3 Å². The molecular formula is C34H29NO7. The number of anilines is 1. The average molecular weight is 564 g/mol. The van der Waals surface area contributed by atoms with Crippen LogP contribution < -0.4 is 14.4 Å². The Kier molecular flexibility index (Phi) is 8.43. The number of ether oxygens (including phenoxy) is 3. The summed E-state index contributed by atoms with van der Waals surface area (Å²) in [5, 5.41) is 0. The van der Waals surface area contributed by atoms with Crippen molar-refractivity contribution < 1.29 is 33.4 Å². The van der Waals surface area contributed by atoms with Crippen molar-refractivity contribution in [3.05, 3.63) is 119 Å². The second kappa shape index (κ2) is 12.5. The lowest BCUT2D eigenvalue weighted by Gasteiger charge is -2.17. The molecule has 1 aliphatic rings. The largest absolute Gasteiger partial charge is 0.457 e. The van der Waals surface area contributed by atoms with Crippen LogP contribution in [-0.4, -0.2) is 36.8 Å². The topological polar surface area (TPSA) is 99.2 Å². The van der Waals surface area contributed by atoms with Gasteiger partial charge >= 0.3 is 11.9 Å². The molecule has 0 spiro atoms. The number of carbonyl (C=O) groups is 4. The Bertz CT molecular complexity index is 1610. The summed E-state index contributed by atoms with van der Waals surface area (Å²) >= 11 is 0. The zero-order chi connectivity index (χ0) is 29.6. The van der Waals surface area contributed by atoms with Crippen molar-refractivity contribution >= 4 is 29.3 Å². The summed E-state index contributed by atoms with van der Waals surface area (Å²) in [5.74, 6) is -0.777. The summed E-state index contributed by atoms with van der Waals surface area (Å²) in [7, 11) is 0. The van der Waals surface area contributed by atoms with E-state index in [2.05, 4.69) is 0 Å². The fraction of sp³-hybridized carbons (Fsp3) is 0.176. The van der Waals surface area contributed by atoms with E-state index in [0.29, 0.717) is 22.6 Å². The number of Topliss-reactive ketones (excluding diaryl/α,β-unsaturated/α-hetero) is 1. The molecule has 1 aliphatic heterocycles. The highest BCUT2D eigenvalue weighted by Crippen LogP contribution is 2.30. The third kappa shape index (κ3) is 6.72. The Labute approximate surface area is 243 Å². The number of aryl methyl sites for hydroxylation is 2. The van der Waals surface area contributed by atoms with E-state index < -0.39 is 30.2 Å². The van der Waals surface area contributed by atoms with Crippen molar-refractivity contribution in [2.45, 2.75) is 20.3 Å². The molecule has 0 radical (unpaired) electrons. The number of nitrogens with zero attached hydrogens (tertiary/aromatic N) is 1. The SMILES string of the molecule is Cc1ccc(Oc2ccc(N3C[C@@H](C(=O)OCC(=O)c4ccc(OC(=O)c5ccccc5)cc4)CC3=O)cc2)cc1C. The van der Waals surface area contributed by atoms with E-state index in [9.17, 15) is 19.2 Å². The van der Waals surface area contributed by atoms with Crippen LogP contribution in [0.4, 0.5) is 5.69 Å². The van der Waals surface area contributed by atoms with Gasteiger partial charge in [0.25, 0.3) is 0 Å². The van der Waals surface area contributed by atoms with Crippen molar-refractivity contribution in [2.75, 3.05) is 18.1 Å². The van der Waals surface area contributed by atoms with Crippen LogP contribution in [0.2, 0.25) is 0 Å². The van der Waals surface area contributed by atoms with E-state index in [-0.39, 0.29) is 24.6 Å². The minimum atomic E-state index is -0.684. The zero-order valence-electron chi connectivity index (χ0n) is 23.2. The first-order valence-electron chi connectivity index (χ1n) is 13.5. The molecule has 1 atom stereocenters. The molecule has 5 rings (SSSR count). The third-order valence-corrected chi connectivity index (χ3v) is 7.06. The number of carbonyl (C=O) groups excluding carboxylic acids is 4. The second-order valence-corrected chi connectivity index (χ2v) is 10.1. The van der Waals surface area contributed by atoms with Gasteiger partial charge in [-0.25, -0.2) is 4.79 Å². The lowest BCUT2D eigenvalue weighted by atomic mass is 10.1. The first kappa shape index (κ1) is 28.3. The van der Waals surface area contributed by atoms with Gasteiger partial charge in [-0.1, -0.05) is 24.3 Å². The molecule has 0 N–H and O–H groups in total. The van der Waals surface area contributed by atoms with Crippen molar-refractivity contribution in [2.24, 2.45) is 5.92 Å². The minimum Gasteiger partial charge on any atom is -0.457 e. The number of esters is 2. The Hall–Kier alpha value is -5.24. The van der Waals surface area contributed by atoms with E-state index in [1.807, 2.05) is 32.0 Å². The van der Waals surface area contributed by atoms with E-state index in [1.54, 1.807) is 54.6 Å². The first-order chi connectivity index (χ1) is 20.3. The maximum Gasteiger partial charge on any atom is 0.343 e. The van der Waals surface area contributed by atoms with Crippen LogP contribution in [0.25, 0.3) is 0 Å². The van der Waals surface area contributed by atoms with Crippen molar-refractivity contribution in [3.8, 4) is 17.2 Å². The van der Waals surface area contributed by atoms with Gasteiger partial charge in [0.1, 0.15) is 17.2 Å². The summed E-state index contributed by atoms with van der Waals surface area (Å²) < 4.78 is 16.5. The average Bonchev–Trinajstić information content (AvgIpc) is 3.40. The summed E-state index contributed by atoms with van der Waals surface area (Å²) in [6.45, 7) is 3.75. The molecule has 42 heavy (non-hydrogen) atoms. The van der Waals surface area contributed by atoms with Gasteiger partial charge in [0.2, 0.25) is 5.91 Å². The molecular weight excluding hydrogens is 534 g/mol. The molecule has 8 nitrogen and oxygen atoms in total. The quantitative estimate of drug-likeness (QED) is 0.138. The van der Waals surface area contributed by atoms with Crippen LogP contribution in [0.3, 0.4) is 0 Å². The number of hydrogen-bond acceptors (Lipinski definition) is 7. The highest BCUT2D eigenvalue weighted by Gasteiger charge is 2.36. The molecule has 212 valence electrons. The van der Waals surface area contributed by atoms with Gasteiger partial charge < -0.3 is 19.1 Å². The maximum absolute atomic E-state index is 12.7. The molecule has 1 fully saturated rings. The van der Waals surface area contributed by atoms with E-state index in [4.69, 9.17) is 14.2 Å². The minimum absolute atomic E-state index is 0.00457. The molecule has 0 unspecified atom stereocenters. The maximum atomic E-state index is 12.7. The van der Waals surface area contributed by atoms with E-state index in [1.165, 1.54) is 34.7 Å². The molecule has 0 bridgehead atoms. The molecule has 4 aromatic rings. The fourth-order valence-electron chi connectivity index (χ4n) is 4.51. The first-order valence-corrected chi connectivity index (χ1v) is 13.5. The molecule has 0 aliphatic carbocycles. The van der Waals surface area contributed by atoms with Crippen LogP contribution in [-0.2, 0) is 14.3 Å². The van der Waals surface area contributed by atoms with Crippen molar-refractivity contribution in [1.82, 2.24) is 0 Å². The molecule has 1 saturated heterocycles. The number of amides is 1. The normalized spacial score (nSPS) is 14.4. The molecule has 8 heteroatoms. The van der Waals surface area contributed by atoms with Gasteiger partial charge in [-0.3, -0.25) is 14.4 Å². The van der Waals surface area contributed by atoms with Crippen LogP contribution in [0, 0.1) is 19.8 Å².